The quantitative estimate of drug-likeness (QED) is 0.534. The molecule has 30 heavy (non-hydrogen) atoms. The summed E-state index contributed by atoms with van der Waals surface area (Å²) in [6.45, 7) is 0. The smallest absolute Gasteiger partial charge is 0.310 e. The Morgan fingerprint density at radius 1 is 1.10 bits per heavy atom. The third kappa shape index (κ3) is 3.17. The van der Waals surface area contributed by atoms with Crippen molar-refractivity contribution in [3.63, 3.8) is 0 Å². The number of nitrogens with zero attached hydrogens (tertiary/aromatic N) is 1. The first-order valence-corrected chi connectivity index (χ1v) is 11.9. The van der Waals surface area contributed by atoms with Gasteiger partial charge < -0.3 is 15.0 Å². The van der Waals surface area contributed by atoms with Crippen LogP contribution in [0.2, 0.25) is 0 Å². The summed E-state index contributed by atoms with van der Waals surface area (Å²) < 4.78 is 5.49. The second-order valence-corrected chi connectivity index (χ2v) is 10.3. The molecule has 1 heterocycles. The number of nitrogens with one attached hydrogen (secondary N) is 1. The van der Waals surface area contributed by atoms with Gasteiger partial charge in [0.2, 0.25) is 5.91 Å². The number of carbonyl (C=O) groups is 3. The van der Waals surface area contributed by atoms with Gasteiger partial charge in [0.15, 0.2) is 0 Å². The van der Waals surface area contributed by atoms with Crippen molar-refractivity contribution in [1.29, 1.82) is 0 Å². The Morgan fingerprint density at radius 2 is 1.80 bits per heavy atom. The third-order valence-corrected chi connectivity index (χ3v) is 8.87. The van der Waals surface area contributed by atoms with Crippen molar-refractivity contribution in [1.82, 2.24) is 4.90 Å². The van der Waals surface area contributed by atoms with Crippen LogP contribution in [-0.4, -0.2) is 46.7 Å². The van der Waals surface area contributed by atoms with Crippen LogP contribution < -0.4 is 5.32 Å². The second-order valence-electron chi connectivity index (χ2n) is 9.24. The van der Waals surface area contributed by atoms with E-state index in [1.165, 1.54) is 19.3 Å². The molecule has 7 heteroatoms. The highest BCUT2D eigenvalue weighted by molar-refractivity contribution is 9.09. The van der Waals surface area contributed by atoms with Gasteiger partial charge in [0, 0.05) is 30.3 Å². The molecule has 4 fully saturated rings. The summed E-state index contributed by atoms with van der Waals surface area (Å²) in [6, 6.07) is 7.40. The average Bonchev–Trinajstić information content (AvgIpc) is 3.38. The fourth-order valence-corrected chi connectivity index (χ4v) is 7.13. The maximum absolute atomic E-state index is 13.0. The Morgan fingerprint density at radius 3 is 2.50 bits per heavy atom. The molecule has 1 aromatic rings. The molecule has 6 atom stereocenters. The van der Waals surface area contributed by atoms with Crippen LogP contribution in [0.5, 0.6) is 0 Å². The summed E-state index contributed by atoms with van der Waals surface area (Å²) in [5.41, 5.74) is 1.28. The zero-order valence-corrected chi connectivity index (χ0v) is 18.6. The van der Waals surface area contributed by atoms with Gasteiger partial charge in [-0.05, 0) is 49.4 Å². The molecule has 5 rings (SSSR count). The van der Waals surface area contributed by atoms with Crippen LogP contribution in [0.3, 0.4) is 0 Å². The van der Waals surface area contributed by atoms with Crippen LogP contribution in [0.4, 0.5) is 5.69 Å². The van der Waals surface area contributed by atoms with Gasteiger partial charge >= 0.3 is 5.97 Å². The molecule has 160 valence electrons. The molecule has 2 bridgehead atoms. The predicted octanol–water partition coefficient (Wildman–Crippen LogP) is 3.60. The van der Waals surface area contributed by atoms with E-state index in [1.54, 1.807) is 24.3 Å². The lowest BCUT2D eigenvalue weighted by Gasteiger charge is -2.31. The Kier molecular flexibility index (Phi) is 5.12. The zero-order valence-electron chi connectivity index (χ0n) is 17.1. The third-order valence-electron chi connectivity index (χ3n) is 7.67. The van der Waals surface area contributed by atoms with E-state index in [1.807, 2.05) is 11.9 Å². The number of halogens is 1. The van der Waals surface area contributed by atoms with Crippen molar-refractivity contribution in [2.24, 2.45) is 23.7 Å². The van der Waals surface area contributed by atoms with Crippen molar-refractivity contribution >= 4 is 39.4 Å². The number of amides is 2. The summed E-state index contributed by atoms with van der Waals surface area (Å²) in [5.74, 6) is -0.744. The molecular weight excluding hydrogens is 448 g/mol. The van der Waals surface area contributed by atoms with E-state index < -0.39 is 0 Å². The van der Waals surface area contributed by atoms with Gasteiger partial charge in [-0.1, -0.05) is 35.2 Å². The molecule has 0 aromatic heterocycles. The lowest BCUT2D eigenvalue weighted by molar-refractivity contribution is -0.145. The summed E-state index contributed by atoms with van der Waals surface area (Å²) >= 11 is 3.64. The molecule has 1 aliphatic heterocycles. The fourth-order valence-electron chi connectivity index (χ4n) is 6.09. The molecular formula is C23H27BrN2O4. The maximum atomic E-state index is 13.0. The number of ether oxygens (including phenoxy) is 1. The molecule has 0 radical (unpaired) electrons. The minimum absolute atomic E-state index is 0.0229. The van der Waals surface area contributed by atoms with E-state index in [4.69, 9.17) is 4.74 Å². The van der Waals surface area contributed by atoms with E-state index in [9.17, 15) is 14.4 Å². The predicted molar refractivity (Wildman–Crippen MR) is 115 cm³/mol. The van der Waals surface area contributed by atoms with Gasteiger partial charge in [-0.15, -0.1) is 0 Å². The number of rotatable bonds is 4. The van der Waals surface area contributed by atoms with Gasteiger partial charge in [-0.25, -0.2) is 0 Å². The fraction of sp³-hybridized carbons (Fsp3) is 0.609. The maximum Gasteiger partial charge on any atom is 0.310 e. The molecule has 3 saturated carbocycles. The van der Waals surface area contributed by atoms with E-state index >= 15 is 0 Å². The van der Waals surface area contributed by atoms with Crippen LogP contribution in [0.1, 0.15) is 48.9 Å². The number of benzene rings is 1. The van der Waals surface area contributed by atoms with Crippen molar-refractivity contribution in [3.8, 4) is 0 Å². The van der Waals surface area contributed by atoms with Crippen molar-refractivity contribution in [2.45, 2.75) is 55.5 Å². The lowest BCUT2D eigenvalue weighted by atomic mass is 9.79. The van der Waals surface area contributed by atoms with Crippen LogP contribution >= 0.6 is 15.9 Å². The molecule has 1 saturated heterocycles. The van der Waals surface area contributed by atoms with Gasteiger partial charge in [0.05, 0.1) is 16.7 Å². The molecule has 6 nitrogen and oxygen atoms in total. The minimum atomic E-state index is -0.357. The van der Waals surface area contributed by atoms with Crippen molar-refractivity contribution in [3.05, 3.63) is 29.8 Å². The van der Waals surface area contributed by atoms with Crippen molar-refractivity contribution in [2.75, 3.05) is 12.4 Å². The molecule has 1 N–H and O–H groups in total. The monoisotopic (exact) mass is 474 g/mol. The Bertz CT molecular complexity index is 866. The second kappa shape index (κ2) is 7.66. The van der Waals surface area contributed by atoms with E-state index in [2.05, 4.69) is 21.2 Å². The van der Waals surface area contributed by atoms with Gasteiger partial charge in [-0.3, -0.25) is 14.4 Å². The summed E-state index contributed by atoms with van der Waals surface area (Å²) in [6.07, 6.45) is 6.53. The molecule has 0 spiro atoms. The van der Waals surface area contributed by atoms with E-state index in [0.29, 0.717) is 17.3 Å². The highest BCUT2D eigenvalue weighted by Gasteiger charge is 2.67. The highest BCUT2D eigenvalue weighted by atomic mass is 79.9. The Balaban J connectivity index is 1.25. The van der Waals surface area contributed by atoms with Crippen molar-refractivity contribution < 1.29 is 19.1 Å². The van der Waals surface area contributed by atoms with Gasteiger partial charge in [0.25, 0.3) is 5.91 Å². The Hall–Kier alpha value is -1.89. The first-order valence-electron chi connectivity index (χ1n) is 11.0. The summed E-state index contributed by atoms with van der Waals surface area (Å²) in [4.78, 5) is 40.0. The number of carbonyl (C=O) groups excluding carboxylic acids is 3. The Labute approximate surface area is 184 Å². The normalized spacial score (nSPS) is 34.7. The van der Waals surface area contributed by atoms with Crippen LogP contribution in [-0.2, 0) is 14.3 Å². The molecule has 1 aromatic carbocycles. The average molecular weight is 475 g/mol. The van der Waals surface area contributed by atoms with Crippen LogP contribution in [0, 0.1) is 23.7 Å². The lowest BCUT2D eigenvalue weighted by Crippen LogP contribution is -2.40. The molecule has 0 unspecified atom stereocenters. The van der Waals surface area contributed by atoms with Gasteiger partial charge in [0.1, 0.15) is 6.10 Å². The summed E-state index contributed by atoms with van der Waals surface area (Å²) in [7, 11) is 1.88. The molecule has 2 amide bonds. The number of hydrogen-bond donors (Lipinski definition) is 1. The minimum Gasteiger partial charge on any atom is -0.461 e. The topological polar surface area (TPSA) is 75.7 Å². The number of esters is 1. The standard InChI is InChI=1S/C23H27BrN2O4/c1-26(14-5-3-2-4-6-14)22(28)12-7-9-13(10-8-12)25-21(27)17-15-11-16-18(17)23(29)30-20(16)19(15)24/h7-10,14-20H,2-6,11H2,1H3,(H,25,27)/t15-,16-,17-,18-,19-,20+/m1/s1. The zero-order chi connectivity index (χ0) is 21.0. The number of alkyl halides is 1. The first-order chi connectivity index (χ1) is 14.5. The first kappa shape index (κ1) is 20.0. The van der Waals surface area contributed by atoms with E-state index in [-0.39, 0.29) is 52.4 Å². The molecule has 4 aliphatic rings. The number of fused-ring (bicyclic) bond motifs is 1. The number of anilines is 1. The van der Waals surface area contributed by atoms with Crippen LogP contribution in [0.15, 0.2) is 24.3 Å². The highest BCUT2D eigenvalue weighted by Crippen LogP contribution is 2.60. The summed E-state index contributed by atoms with van der Waals surface area (Å²) in [5, 5.41) is 2.96. The van der Waals surface area contributed by atoms with Crippen LogP contribution in [0.25, 0.3) is 0 Å². The van der Waals surface area contributed by atoms with Gasteiger partial charge in [-0.2, -0.15) is 0 Å². The van der Waals surface area contributed by atoms with E-state index in [0.717, 1.165) is 19.3 Å². The number of hydrogen-bond acceptors (Lipinski definition) is 4. The SMILES string of the molecule is CN(C(=O)c1ccc(NC(=O)[C@@H]2[C@H]3C[C@H]4[C@H](OC(=O)[C@H]42)[C@@H]3Br)cc1)C1CCCCC1. The largest absolute Gasteiger partial charge is 0.461 e. The molecule has 3 aliphatic carbocycles.